The van der Waals surface area contributed by atoms with E-state index in [1.807, 2.05) is 6.07 Å². The summed E-state index contributed by atoms with van der Waals surface area (Å²) in [5.74, 6) is -0.996. The van der Waals surface area contributed by atoms with Crippen LogP contribution in [0.15, 0.2) is 30.3 Å². The zero-order valence-electron chi connectivity index (χ0n) is 10.7. The van der Waals surface area contributed by atoms with Gasteiger partial charge in [0.2, 0.25) is 0 Å². The van der Waals surface area contributed by atoms with Gasteiger partial charge >= 0.3 is 0 Å². The molecule has 2 rings (SSSR count). The molecule has 5 nitrogen and oxygen atoms in total. The molecule has 1 fully saturated rings. The van der Waals surface area contributed by atoms with Crippen LogP contribution in [-0.2, 0) is 14.4 Å². The zero-order chi connectivity index (χ0) is 13.8. The predicted octanol–water partition coefficient (Wildman–Crippen LogP) is 1.73. The maximum atomic E-state index is 12.2. The number of imide groups is 1. The van der Waals surface area contributed by atoms with E-state index in [4.69, 9.17) is 4.84 Å². The summed E-state index contributed by atoms with van der Waals surface area (Å²) in [4.78, 5) is 40.4. The number of hydrogen-bond acceptors (Lipinski definition) is 4. The minimum Gasteiger partial charge on any atom is -0.291 e. The smallest absolute Gasteiger partial charge is 0.254 e. The summed E-state index contributed by atoms with van der Waals surface area (Å²) in [5, 5.41) is 0.731. The average Bonchev–Trinajstić information content (AvgIpc) is 2.76. The van der Waals surface area contributed by atoms with E-state index in [0.717, 1.165) is 5.06 Å². The van der Waals surface area contributed by atoms with Gasteiger partial charge in [-0.1, -0.05) is 37.3 Å². The summed E-state index contributed by atoms with van der Waals surface area (Å²) in [5.41, 5.74) is 0.508. The standard InChI is InChI=1S/C14H15NO4/c1-2-11(14(18)10-6-4-3-5-7-10)19-15-12(16)8-9-13(15)17/h3-7,11H,2,8-9H2,1H3. The minimum absolute atomic E-state index is 0.148. The van der Waals surface area contributed by atoms with Crippen LogP contribution in [0.3, 0.4) is 0 Å². The number of benzene rings is 1. The molecule has 1 heterocycles. The summed E-state index contributed by atoms with van der Waals surface area (Å²) in [6.45, 7) is 1.77. The Kier molecular flexibility index (Phi) is 4.06. The Hall–Kier alpha value is -2.01. The van der Waals surface area contributed by atoms with Gasteiger partial charge in [-0.05, 0) is 6.42 Å². The lowest BCUT2D eigenvalue weighted by Crippen LogP contribution is -2.37. The Morgan fingerprint density at radius 3 is 2.32 bits per heavy atom. The van der Waals surface area contributed by atoms with Crippen molar-refractivity contribution in [3.05, 3.63) is 35.9 Å². The maximum absolute atomic E-state index is 12.2. The van der Waals surface area contributed by atoms with Gasteiger partial charge in [0, 0.05) is 18.4 Å². The van der Waals surface area contributed by atoms with Crippen molar-refractivity contribution in [3.8, 4) is 0 Å². The average molecular weight is 261 g/mol. The van der Waals surface area contributed by atoms with Crippen LogP contribution < -0.4 is 0 Å². The normalized spacial score (nSPS) is 16.8. The molecule has 1 aromatic rings. The molecule has 19 heavy (non-hydrogen) atoms. The van der Waals surface area contributed by atoms with E-state index in [1.54, 1.807) is 31.2 Å². The van der Waals surface area contributed by atoms with Crippen LogP contribution in [0.25, 0.3) is 0 Å². The number of amides is 2. The van der Waals surface area contributed by atoms with Crippen LogP contribution in [-0.4, -0.2) is 28.8 Å². The Morgan fingerprint density at radius 1 is 1.21 bits per heavy atom. The van der Waals surface area contributed by atoms with Gasteiger partial charge in [-0.3, -0.25) is 19.2 Å². The highest BCUT2D eigenvalue weighted by molar-refractivity contribution is 6.02. The van der Waals surface area contributed by atoms with Gasteiger partial charge < -0.3 is 0 Å². The second-order valence-corrected chi connectivity index (χ2v) is 4.31. The number of Topliss-reactive ketones (excluding diaryl/α,β-unsaturated/α-hetero) is 1. The fourth-order valence-electron chi connectivity index (χ4n) is 1.90. The van der Waals surface area contributed by atoms with Crippen molar-refractivity contribution in [2.45, 2.75) is 32.3 Å². The lowest BCUT2D eigenvalue weighted by atomic mass is 10.1. The number of hydroxylamine groups is 2. The molecule has 1 aliphatic rings. The molecule has 1 aliphatic heterocycles. The number of hydrogen-bond donors (Lipinski definition) is 0. The van der Waals surface area contributed by atoms with E-state index in [1.165, 1.54) is 0 Å². The highest BCUT2D eigenvalue weighted by atomic mass is 16.7. The van der Waals surface area contributed by atoms with Gasteiger partial charge in [-0.15, -0.1) is 0 Å². The number of rotatable bonds is 5. The number of nitrogens with zero attached hydrogens (tertiary/aromatic N) is 1. The highest BCUT2D eigenvalue weighted by Crippen LogP contribution is 2.17. The quantitative estimate of drug-likeness (QED) is 0.598. The van der Waals surface area contributed by atoms with E-state index in [2.05, 4.69) is 0 Å². The van der Waals surface area contributed by atoms with Crippen molar-refractivity contribution < 1.29 is 19.2 Å². The molecule has 2 amide bonds. The second-order valence-electron chi connectivity index (χ2n) is 4.31. The summed E-state index contributed by atoms with van der Waals surface area (Å²) in [6, 6.07) is 8.69. The molecular formula is C14H15NO4. The van der Waals surface area contributed by atoms with Crippen molar-refractivity contribution in [1.82, 2.24) is 5.06 Å². The first-order valence-electron chi connectivity index (χ1n) is 6.25. The Morgan fingerprint density at radius 2 is 1.79 bits per heavy atom. The first kappa shape index (κ1) is 13.4. The van der Waals surface area contributed by atoms with E-state index >= 15 is 0 Å². The topological polar surface area (TPSA) is 63.7 Å². The molecule has 1 saturated heterocycles. The minimum atomic E-state index is -0.812. The molecule has 1 atom stereocenters. The van der Waals surface area contributed by atoms with Crippen LogP contribution in [0.4, 0.5) is 0 Å². The molecule has 0 radical (unpaired) electrons. The third kappa shape index (κ3) is 2.88. The third-order valence-corrected chi connectivity index (χ3v) is 2.96. The second kappa shape index (κ2) is 5.75. The number of ketones is 1. The molecule has 0 N–H and O–H groups in total. The van der Waals surface area contributed by atoms with Gasteiger partial charge in [0.05, 0.1) is 0 Å². The van der Waals surface area contributed by atoms with Crippen LogP contribution in [0.2, 0.25) is 0 Å². The summed E-state index contributed by atoms with van der Waals surface area (Å²) in [6.07, 6.45) is -0.123. The van der Waals surface area contributed by atoms with Crippen molar-refractivity contribution >= 4 is 17.6 Å². The van der Waals surface area contributed by atoms with E-state index in [-0.39, 0.29) is 30.4 Å². The van der Waals surface area contributed by atoms with Gasteiger partial charge in [0.25, 0.3) is 11.8 Å². The SMILES string of the molecule is CCC(ON1C(=O)CCC1=O)C(=O)c1ccccc1. The van der Waals surface area contributed by atoms with Gasteiger partial charge in [-0.25, -0.2) is 0 Å². The van der Waals surface area contributed by atoms with E-state index in [0.29, 0.717) is 12.0 Å². The van der Waals surface area contributed by atoms with Gasteiger partial charge in [0.1, 0.15) is 6.10 Å². The summed E-state index contributed by atoms with van der Waals surface area (Å²) < 4.78 is 0. The Bertz CT molecular complexity index is 481. The van der Waals surface area contributed by atoms with Gasteiger partial charge in [0.15, 0.2) is 5.78 Å². The zero-order valence-corrected chi connectivity index (χ0v) is 10.7. The molecule has 0 spiro atoms. The van der Waals surface area contributed by atoms with Crippen LogP contribution in [0.5, 0.6) is 0 Å². The predicted molar refractivity (Wildman–Crippen MR) is 67.0 cm³/mol. The first-order chi connectivity index (χ1) is 9.13. The molecule has 100 valence electrons. The molecule has 0 aliphatic carbocycles. The maximum Gasteiger partial charge on any atom is 0.254 e. The molecule has 0 bridgehead atoms. The third-order valence-electron chi connectivity index (χ3n) is 2.96. The van der Waals surface area contributed by atoms with Crippen LogP contribution in [0.1, 0.15) is 36.5 Å². The number of carbonyl (C=O) groups excluding carboxylic acids is 3. The van der Waals surface area contributed by atoms with Crippen molar-refractivity contribution in [1.29, 1.82) is 0 Å². The molecule has 1 aromatic carbocycles. The Balaban J connectivity index is 2.10. The lowest BCUT2D eigenvalue weighted by Gasteiger charge is -2.20. The molecule has 1 unspecified atom stereocenters. The largest absolute Gasteiger partial charge is 0.291 e. The molecule has 0 saturated carbocycles. The van der Waals surface area contributed by atoms with Crippen molar-refractivity contribution in [3.63, 3.8) is 0 Å². The summed E-state index contributed by atoms with van der Waals surface area (Å²) >= 11 is 0. The van der Waals surface area contributed by atoms with Crippen molar-refractivity contribution in [2.75, 3.05) is 0 Å². The monoisotopic (exact) mass is 261 g/mol. The first-order valence-corrected chi connectivity index (χ1v) is 6.25. The Labute approximate surface area is 111 Å². The molecule has 5 heteroatoms. The van der Waals surface area contributed by atoms with Crippen molar-refractivity contribution in [2.24, 2.45) is 0 Å². The van der Waals surface area contributed by atoms with E-state index in [9.17, 15) is 14.4 Å². The highest BCUT2D eigenvalue weighted by Gasteiger charge is 2.34. The summed E-state index contributed by atoms with van der Waals surface area (Å²) in [7, 11) is 0. The van der Waals surface area contributed by atoms with Crippen LogP contribution in [0, 0.1) is 0 Å². The van der Waals surface area contributed by atoms with Gasteiger partial charge in [-0.2, -0.15) is 5.06 Å². The van der Waals surface area contributed by atoms with E-state index < -0.39 is 6.10 Å². The lowest BCUT2D eigenvalue weighted by molar-refractivity contribution is -0.196. The fourth-order valence-corrected chi connectivity index (χ4v) is 1.90. The molecule has 0 aromatic heterocycles. The number of carbonyl (C=O) groups is 3. The fraction of sp³-hybridized carbons (Fsp3) is 0.357. The van der Waals surface area contributed by atoms with Crippen LogP contribution >= 0.6 is 0 Å². The molecular weight excluding hydrogens is 246 g/mol.